The van der Waals surface area contributed by atoms with Crippen molar-refractivity contribution >= 4 is 22.5 Å². The molecule has 0 heterocycles. The molecule has 0 radical (unpaired) electrons. The van der Waals surface area contributed by atoms with Gasteiger partial charge in [-0.3, -0.25) is 0 Å². The SMILES string of the molecule is CC(c1ccc2ccccc2c1)C1(Sc2ccccc2)CC1. The van der Waals surface area contributed by atoms with Crippen LogP contribution in [-0.2, 0) is 0 Å². The van der Waals surface area contributed by atoms with Crippen LogP contribution < -0.4 is 0 Å². The van der Waals surface area contributed by atoms with Crippen molar-refractivity contribution in [3.05, 3.63) is 78.4 Å². The largest absolute Gasteiger partial charge is 0.119 e. The van der Waals surface area contributed by atoms with Crippen LogP contribution in [0.25, 0.3) is 10.8 Å². The maximum atomic E-state index is 2.40. The van der Waals surface area contributed by atoms with Gasteiger partial charge >= 0.3 is 0 Å². The topological polar surface area (TPSA) is 0 Å². The second kappa shape index (κ2) is 5.48. The fourth-order valence-electron chi connectivity index (χ4n) is 3.25. The molecular weight excluding hydrogens is 284 g/mol. The Morgan fingerprint density at radius 2 is 1.50 bits per heavy atom. The minimum atomic E-state index is 0.393. The van der Waals surface area contributed by atoms with Gasteiger partial charge in [0.05, 0.1) is 0 Å². The summed E-state index contributed by atoms with van der Waals surface area (Å²) in [6, 6.07) is 26.4. The predicted molar refractivity (Wildman–Crippen MR) is 96.6 cm³/mol. The average Bonchev–Trinajstić information content (AvgIpc) is 3.35. The molecule has 1 aliphatic rings. The molecule has 1 fully saturated rings. The van der Waals surface area contributed by atoms with Crippen molar-refractivity contribution < 1.29 is 0 Å². The number of hydrogen-bond donors (Lipinski definition) is 0. The summed E-state index contributed by atoms with van der Waals surface area (Å²) in [5.74, 6) is 0.585. The van der Waals surface area contributed by atoms with E-state index in [-0.39, 0.29) is 0 Å². The van der Waals surface area contributed by atoms with E-state index in [1.54, 1.807) is 0 Å². The second-order valence-electron chi connectivity index (χ2n) is 6.31. The standard InChI is InChI=1S/C21H20S/c1-16(18-12-11-17-7-5-6-8-19(17)15-18)21(13-14-21)22-20-9-3-2-4-10-20/h2-12,15-16H,13-14H2,1H3. The molecule has 0 spiro atoms. The first-order valence-electron chi connectivity index (χ1n) is 8.00. The molecular formula is C21H20S. The highest BCUT2D eigenvalue weighted by atomic mass is 32.2. The molecule has 3 aromatic carbocycles. The van der Waals surface area contributed by atoms with E-state index in [1.807, 2.05) is 0 Å². The van der Waals surface area contributed by atoms with Gasteiger partial charge in [0, 0.05) is 9.64 Å². The Kier molecular flexibility index (Phi) is 3.46. The Balaban J connectivity index is 1.63. The molecule has 3 aromatic rings. The zero-order valence-corrected chi connectivity index (χ0v) is 13.6. The summed E-state index contributed by atoms with van der Waals surface area (Å²) in [5, 5.41) is 2.69. The van der Waals surface area contributed by atoms with Gasteiger partial charge in [0.1, 0.15) is 0 Å². The van der Waals surface area contributed by atoms with Crippen LogP contribution in [0.2, 0.25) is 0 Å². The molecule has 0 bridgehead atoms. The van der Waals surface area contributed by atoms with E-state index >= 15 is 0 Å². The van der Waals surface area contributed by atoms with Crippen molar-refractivity contribution in [1.29, 1.82) is 0 Å². The molecule has 4 rings (SSSR count). The molecule has 0 aromatic heterocycles. The molecule has 1 unspecified atom stereocenters. The molecule has 0 N–H and O–H groups in total. The van der Waals surface area contributed by atoms with Gasteiger partial charge in [0.25, 0.3) is 0 Å². The molecule has 1 atom stereocenters. The van der Waals surface area contributed by atoms with Crippen LogP contribution in [-0.4, -0.2) is 4.75 Å². The van der Waals surface area contributed by atoms with Crippen molar-refractivity contribution in [2.75, 3.05) is 0 Å². The molecule has 22 heavy (non-hydrogen) atoms. The summed E-state index contributed by atoms with van der Waals surface area (Å²) in [5.41, 5.74) is 1.47. The Labute approximate surface area is 136 Å². The fourth-order valence-corrected chi connectivity index (χ4v) is 4.63. The third-order valence-electron chi connectivity index (χ3n) is 4.87. The Morgan fingerprint density at radius 3 is 2.23 bits per heavy atom. The van der Waals surface area contributed by atoms with Crippen LogP contribution >= 0.6 is 11.8 Å². The lowest BCUT2D eigenvalue weighted by Gasteiger charge is -2.24. The maximum absolute atomic E-state index is 2.40. The molecule has 1 saturated carbocycles. The van der Waals surface area contributed by atoms with E-state index in [1.165, 1.54) is 34.1 Å². The zero-order chi connectivity index (χ0) is 15.0. The van der Waals surface area contributed by atoms with Gasteiger partial charge in [-0.1, -0.05) is 67.6 Å². The lowest BCUT2D eigenvalue weighted by atomic mass is 9.93. The average molecular weight is 304 g/mol. The van der Waals surface area contributed by atoms with Crippen LogP contribution in [0.3, 0.4) is 0 Å². The molecule has 0 saturated heterocycles. The van der Waals surface area contributed by atoms with Gasteiger partial charge in [-0.05, 0) is 47.2 Å². The van der Waals surface area contributed by atoms with E-state index in [2.05, 4.69) is 91.5 Å². The predicted octanol–water partition coefficient (Wildman–Crippen LogP) is 6.27. The third kappa shape index (κ3) is 2.55. The summed E-state index contributed by atoms with van der Waals surface area (Å²) < 4.78 is 0.393. The van der Waals surface area contributed by atoms with Gasteiger partial charge < -0.3 is 0 Å². The number of hydrogen-bond acceptors (Lipinski definition) is 1. The highest BCUT2D eigenvalue weighted by Gasteiger charge is 2.48. The van der Waals surface area contributed by atoms with Gasteiger partial charge in [-0.2, -0.15) is 0 Å². The van der Waals surface area contributed by atoms with E-state index in [9.17, 15) is 0 Å². The van der Waals surface area contributed by atoms with E-state index in [0.717, 1.165) is 0 Å². The number of benzene rings is 3. The summed E-state index contributed by atoms with van der Waals surface area (Å²) in [4.78, 5) is 1.40. The van der Waals surface area contributed by atoms with Gasteiger partial charge in [-0.15, -0.1) is 11.8 Å². The number of thioether (sulfide) groups is 1. The van der Waals surface area contributed by atoms with E-state index < -0.39 is 0 Å². The summed E-state index contributed by atoms with van der Waals surface area (Å²) in [6.07, 6.45) is 2.64. The Bertz CT molecular complexity index is 787. The summed E-state index contributed by atoms with van der Waals surface area (Å²) >= 11 is 2.07. The molecule has 1 aliphatic carbocycles. The van der Waals surface area contributed by atoms with Crippen molar-refractivity contribution in [2.24, 2.45) is 0 Å². The lowest BCUT2D eigenvalue weighted by molar-refractivity contribution is 0.708. The van der Waals surface area contributed by atoms with E-state index in [4.69, 9.17) is 0 Å². The van der Waals surface area contributed by atoms with Crippen LogP contribution in [0.15, 0.2) is 77.7 Å². The molecule has 0 nitrogen and oxygen atoms in total. The number of fused-ring (bicyclic) bond motifs is 1. The minimum Gasteiger partial charge on any atom is -0.119 e. The Hall–Kier alpha value is -1.73. The van der Waals surface area contributed by atoms with Crippen molar-refractivity contribution in [2.45, 2.75) is 35.3 Å². The number of rotatable bonds is 4. The van der Waals surface area contributed by atoms with Gasteiger partial charge in [0.2, 0.25) is 0 Å². The highest BCUT2D eigenvalue weighted by molar-refractivity contribution is 8.01. The second-order valence-corrected chi connectivity index (χ2v) is 7.80. The maximum Gasteiger partial charge on any atom is 0.0274 e. The van der Waals surface area contributed by atoms with Crippen LogP contribution in [0.5, 0.6) is 0 Å². The van der Waals surface area contributed by atoms with Crippen LogP contribution in [0, 0.1) is 0 Å². The van der Waals surface area contributed by atoms with Crippen molar-refractivity contribution in [3.63, 3.8) is 0 Å². The van der Waals surface area contributed by atoms with Crippen molar-refractivity contribution in [1.82, 2.24) is 0 Å². The summed E-state index contributed by atoms with van der Waals surface area (Å²) in [7, 11) is 0. The monoisotopic (exact) mass is 304 g/mol. The third-order valence-corrected chi connectivity index (χ3v) is 6.55. The molecule has 0 amide bonds. The molecule has 110 valence electrons. The molecule has 1 heteroatoms. The quantitative estimate of drug-likeness (QED) is 0.547. The first-order chi connectivity index (χ1) is 10.8. The summed E-state index contributed by atoms with van der Waals surface area (Å²) in [6.45, 7) is 2.40. The van der Waals surface area contributed by atoms with E-state index in [0.29, 0.717) is 10.7 Å². The minimum absolute atomic E-state index is 0.393. The van der Waals surface area contributed by atoms with Gasteiger partial charge in [0.15, 0.2) is 0 Å². The van der Waals surface area contributed by atoms with Crippen molar-refractivity contribution in [3.8, 4) is 0 Å². The highest BCUT2D eigenvalue weighted by Crippen LogP contribution is 2.59. The first-order valence-corrected chi connectivity index (χ1v) is 8.81. The van der Waals surface area contributed by atoms with Gasteiger partial charge in [-0.25, -0.2) is 0 Å². The van der Waals surface area contributed by atoms with Crippen LogP contribution in [0.4, 0.5) is 0 Å². The lowest BCUT2D eigenvalue weighted by Crippen LogP contribution is -2.13. The first kappa shape index (κ1) is 13.9. The molecule has 0 aliphatic heterocycles. The fraction of sp³-hybridized carbons (Fsp3) is 0.238. The Morgan fingerprint density at radius 1 is 0.818 bits per heavy atom. The normalized spacial score (nSPS) is 17.3. The van der Waals surface area contributed by atoms with Crippen LogP contribution in [0.1, 0.15) is 31.2 Å². The zero-order valence-electron chi connectivity index (χ0n) is 12.8. The smallest absolute Gasteiger partial charge is 0.0274 e.